The second-order valence-electron chi connectivity index (χ2n) is 7.48. The van der Waals surface area contributed by atoms with Crippen molar-refractivity contribution in [1.82, 2.24) is 9.21 Å². The molecule has 1 aromatic carbocycles. The number of benzene rings is 1. The van der Waals surface area contributed by atoms with E-state index in [-0.39, 0.29) is 37.5 Å². The third kappa shape index (κ3) is 4.32. The van der Waals surface area contributed by atoms with Gasteiger partial charge < -0.3 is 9.64 Å². The first kappa shape index (κ1) is 19.8. The summed E-state index contributed by atoms with van der Waals surface area (Å²) in [7, 11) is -3.59. The zero-order chi connectivity index (χ0) is 19.8. The fraction of sp³-hybridized carbons (Fsp3) is 0.579. The van der Waals surface area contributed by atoms with Crippen LogP contribution in [0.3, 0.4) is 0 Å². The summed E-state index contributed by atoms with van der Waals surface area (Å²) in [5, 5.41) is 0. The molecule has 1 heterocycles. The molecule has 148 valence electrons. The van der Waals surface area contributed by atoms with Gasteiger partial charge in [0.2, 0.25) is 10.0 Å². The highest BCUT2D eigenvalue weighted by Crippen LogP contribution is 2.38. The maximum atomic E-state index is 12.9. The molecule has 27 heavy (non-hydrogen) atoms. The predicted octanol–water partition coefficient (Wildman–Crippen LogP) is 1.34. The number of nitrogens with zero attached hydrogens (tertiary/aromatic N) is 2. The monoisotopic (exact) mass is 394 g/mol. The number of piperazine rings is 1. The van der Waals surface area contributed by atoms with Crippen molar-refractivity contribution in [2.45, 2.75) is 32.1 Å². The number of carbonyl (C=O) groups excluding carboxylic acids is 2. The fourth-order valence-corrected chi connectivity index (χ4v) is 5.02. The molecule has 8 heteroatoms. The van der Waals surface area contributed by atoms with Gasteiger partial charge in [-0.1, -0.05) is 19.1 Å². The zero-order valence-electron chi connectivity index (χ0n) is 16.0. The lowest BCUT2D eigenvalue weighted by Gasteiger charge is -2.34. The topological polar surface area (TPSA) is 84.0 Å². The van der Waals surface area contributed by atoms with E-state index in [0.29, 0.717) is 29.5 Å². The lowest BCUT2D eigenvalue weighted by molar-refractivity contribution is -0.153. The van der Waals surface area contributed by atoms with Gasteiger partial charge in [0.1, 0.15) is 0 Å². The first-order valence-corrected chi connectivity index (χ1v) is 10.7. The summed E-state index contributed by atoms with van der Waals surface area (Å²) in [6, 6.07) is 5.37. The number of amides is 1. The molecule has 0 aromatic heterocycles. The van der Waals surface area contributed by atoms with Gasteiger partial charge in [0.25, 0.3) is 5.91 Å². The van der Waals surface area contributed by atoms with Crippen molar-refractivity contribution in [3.05, 3.63) is 29.3 Å². The minimum absolute atomic E-state index is 0.0719. The van der Waals surface area contributed by atoms with Gasteiger partial charge in [-0.25, -0.2) is 8.42 Å². The molecule has 2 atom stereocenters. The number of carbonyl (C=O) groups is 2. The van der Waals surface area contributed by atoms with Gasteiger partial charge >= 0.3 is 5.97 Å². The minimum atomic E-state index is -3.59. The van der Waals surface area contributed by atoms with E-state index in [1.54, 1.807) is 24.0 Å². The van der Waals surface area contributed by atoms with E-state index >= 15 is 0 Å². The Bertz CT molecular complexity index is 844. The summed E-state index contributed by atoms with van der Waals surface area (Å²) in [6.07, 6.45) is 0.821. The van der Waals surface area contributed by atoms with Crippen LogP contribution in [0.5, 0.6) is 0 Å². The highest BCUT2D eigenvalue weighted by atomic mass is 32.2. The summed E-state index contributed by atoms with van der Waals surface area (Å²) < 4.78 is 32.3. The summed E-state index contributed by atoms with van der Waals surface area (Å²) in [5.41, 5.74) is 1.60. The van der Waals surface area contributed by atoms with Gasteiger partial charge in [0.15, 0.2) is 6.61 Å². The van der Waals surface area contributed by atoms with E-state index in [1.807, 2.05) is 19.9 Å². The molecular formula is C19H26N2O5S. The Morgan fingerprint density at radius 1 is 1.15 bits per heavy atom. The van der Waals surface area contributed by atoms with Crippen molar-refractivity contribution in [3.63, 3.8) is 0 Å². The molecule has 0 spiro atoms. The second-order valence-corrected chi connectivity index (χ2v) is 9.39. The van der Waals surface area contributed by atoms with Crippen molar-refractivity contribution in [2.75, 3.05) is 32.8 Å². The largest absolute Gasteiger partial charge is 0.455 e. The van der Waals surface area contributed by atoms with Crippen molar-refractivity contribution >= 4 is 21.9 Å². The molecule has 1 saturated heterocycles. The van der Waals surface area contributed by atoms with E-state index in [2.05, 4.69) is 0 Å². The summed E-state index contributed by atoms with van der Waals surface area (Å²) in [5.74, 6) is -0.323. The molecule has 7 nitrogen and oxygen atoms in total. The molecule has 1 amide bonds. The zero-order valence-corrected chi connectivity index (χ0v) is 16.8. The quantitative estimate of drug-likeness (QED) is 0.704. The summed E-state index contributed by atoms with van der Waals surface area (Å²) >= 11 is 0. The lowest BCUT2D eigenvalue weighted by atomic mass is 10.2. The van der Waals surface area contributed by atoms with Crippen LogP contribution in [0.1, 0.15) is 24.5 Å². The van der Waals surface area contributed by atoms with E-state index in [0.717, 1.165) is 12.0 Å². The first-order chi connectivity index (χ1) is 12.7. The van der Waals surface area contributed by atoms with Gasteiger partial charge in [0.05, 0.1) is 10.8 Å². The Kier molecular flexibility index (Phi) is 5.58. The number of hydrogen-bond donors (Lipinski definition) is 0. The Balaban J connectivity index is 1.55. The Labute approximate surface area is 160 Å². The highest BCUT2D eigenvalue weighted by molar-refractivity contribution is 7.89. The Hall–Kier alpha value is -1.93. The highest BCUT2D eigenvalue weighted by Gasteiger charge is 2.41. The van der Waals surface area contributed by atoms with Crippen molar-refractivity contribution < 1.29 is 22.7 Å². The van der Waals surface area contributed by atoms with Gasteiger partial charge in [-0.05, 0) is 43.4 Å². The maximum absolute atomic E-state index is 12.9. The first-order valence-electron chi connectivity index (χ1n) is 9.22. The van der Waals surface area contributed by atoms with Crippen LogP contribution >= 0.6 is 0 Å². The number of rotatable bonds is 5. The van der Waals surface area contributed by atoms with Gasteiger partial charge in [-0.15, -0.1) is 0 Å². The summed E-state index contributed by atoms with van der Waals surface area (Å²) in [4.78, 5) is 25.8. The van der Waals surface area contributed by atoms with Crippen LogP contribution in [0.4, 0.5) is 0 Å². The SMILES string of the molecule is Cc1ccc(C)c(S(=O)(=O)N2CCN(C(=O)COC(=O)[C@@H]3C[C@@H]3C)CC2)c1. The second kappa shape index (κ2) is 7.59. The molecule has 1 aliphatic carbocycles. The van der Waals surface area contributed by atoms with E-state index in [9.17, 15) is 18.0 Å². The molecule has 1 aliphatic heterocycles. The summed E-state index contributed by atoms with van der Waals surface area (Å²) in [6.45, 7) is 6.39. The Morgan fingerprint density at radius 2 is 1.78 bits per heavy atom. The van der Waals surface area contributed by atoms with Crippen molar-refractivity contribution in [3.8, 4) is 0 Å². The normalized spacial score (nSPS) is 23.1. The molecule has 3 rings (SSSR count). The molecule has 0 N–H and O–H groups in total. The molecule has 0 unspecified atom stereocenters. The van der Waals surface area contributed by atoms with Crippen LogP contribution in [0.2, 0.25) is 0 Å². The molecule has 2 fully saturated rings. The maximum Gasteiger partial charge on any atom is 0.309 e. The Morgan fingerprint density at radius 3 is 2.37 bits per heavy atom. The number of esters is 1. The van der Waals surface area contributed by atoms with Crippen LogP contribution < -0.4 is 0 Å². The smallest absolute Gasteiger partial charge is 0.309 e. The lowest BCUT2D eigenvalue weighted by Crippen LogP contribution is -2.51. The third-order valence-electron chi connectivity index (χ3n) is 5.30. The molecule has 0 bridgehead atoms. The number of ether oxygens (including phenoxy) is 1. The van der Waals surface area contributed by atoms with Crippen LogP contribution in [0.25, 0.3) is 0 Å². The van der Waals surface area contributed by atoms with Crippen LogP contribution in [-0.4, -0.2) is 62.3 Å². The standard InChI is InChI=1S/C19H26N2O5S/c1-13-4-5-14(2)17(10-13)27(24,25)21-8-6-20(7-9-21)18(22)12-26-19(23)16-11-15(16)3/h4-5,10,15-16H,6-9,11-12H2,1-3H3/t15-,16+/m0/s1. The van der Waals surface area contributed by atoms with E-state index < -0.39 is 10.0 Å². The molecule has 2 aliphatic rings. The van der Waals surface area contributed by atoms with Crippen LogP contribution in [-0.2, 0) is 24.3 Å². The van der Waals surface area contributed by atoms with Gasteiger partial charge in [-0.3, -0.25) is 9.59 Å². The fourth-order valence-electron chi connectivity index (χ4n) is 3.28. The molecule has 0 radical (unpaired) electrons. The van der Waals surface area contributed by atoms with Gasteiger partial charge in [-0.2, -0.15) is 4.31 Å². The minimum Gasteiger partial charge on any atom is -0.455 e. The third-order valence-corrected chi connectivity index (χ3v) is 7.34. The average Bonchev–Trinajstić information content (AvgIpc) is 3.38. The average molecular weight is 394 g/mol. The van der Waals surface area contributed by atoms with Crippen molar-refractivity contribution in [1.29, 1.82) is 0 Å². The van der Waals surface area contributed by atoms with Gasteiger partial charge in [0, 0.05) is 26.2 Å². The number of hydrogen-bond acceptors (Lipinski definition) is 5. The van der Waals surface area contributed by atoms with E-state index in [4.69, 9.17) is 4.74 Å². The molecule has 1 saturated carbocycles. The number of sulfonamides is 1. The van der Waals surface area contributed by atoms with Crippen LogP contribution in [0.15, 0.2) is 23.1 Å². The van der Waals surface area contributed by atoms with Crippen LogP contribution in [0, 0.1) is 25.7 Å². The van der Waals surface area contributed by atoms with E-state index in [1.165, 1.54) is 4.31 Å². The number of aryl methyl sites for hydroxylation is 2. The molecule has 1 aromatic rings. The molecular weight excluding hydrogens is 368 g/mol. The predicted molar refractivity (Wildman–Crippen MR) is 99.5 cm³/mol. The van der Waals surface area contributed by atoms with Crippen molar-refractivity contribution in [2.24, 2.45) is 11.8 Å².